The number of ether oxygens (including phenoxy) is 3. The fourth-order valence-electron chi connectivity index (χ4n) is 4.34. The Morgan fingerprint density at radius 3 is 2.74 bits per heavy atom. The average Bonchev–Trinajstić information content (AvgIpc) is 3.30. The molecule has 2 heterocycles. The van der Waals surface area contributed by atoms with Gasteiger partial charge in [0.1, 0.15) is 19.0 Å². The molecule has 188 valence electrons. The van der Waals surface area contributed by atoms with Gasteiger partial charge in [-0.15, -0.1) is 0 Å². The number of halogens is 1. The lowest BCUT2D eigenvalue weighted by Gasteiger charge is -2.27. The minimum atomic E-state index is -0.869. The van der Waals surface area contributed by atoms with Crippen molar-refractivity contribution in [3.63, 3.8) is 0 Å². The Morgan fingerprint density at radius 2 is 1.94 bits per heavy atom. The molecule has 2 aromatic carbocycles. The fraction of sp³-hybridized carbons (Fsp3) is 0.444. The highest BCUT2D eigenvalue weighted by atomic mass is 35.5. The zero-order valence-electron chi connectivity index (χ0n) is 20.5. The van der Waals surface area contributed by atoms with Crippen LogP contribution in [0.4, 0.5) is 0 Å². The van der Waals surface area contributed by atoms with Gasteiger partial charge in [0.15, 0.2) is 11.5 Å². The number of aryl methyl sites for hydroxylation is 1. The first kappa shape index (κ1) is 25.4. The van der Waals surface area contributed by atoms with Crippen molar-refractivity contribution in [3.05, 3.63) is 71.0 Å². The van der Waals surface area contributed by atoms with Crippen LogP contribution in [0.5, 0.6) is 17.2 Å². The molecule has 0 amide bonds. The standard InChI is InChI=1S/C27H34ClN3O4/c1-21-5-7-23(28)25(17-21)35-20-27(32)9-3-12-30(14-10-27)19-22-6-8-24(26(18-22)33-2)34-16-15-31-13-4-11-29-31/h4-8,11,13,17-18,32H,3,9-10,12,14-16,19-20H2,1-2H3/t27-/m1/s1. The van der Waals surface area contributed by atoms with Gasteiger partial charge in [-0.1, -0.05) is 23.7 Å². The summed E-state index contributed by atoms with van der Waals surface area (Å²) >= 11 is 6.25. The molecule has 1 saturated heterocycles. The Bertz CT molecular complexity index is 1090. The lowest BCUT2D eigenvalue weighted by Crippen LogP contribution is -2.37. The van der Waals surface area contributed by atoms with E-state index >= 15 is 0 Å². The number of aromatic nitrogens is 2. The third kappa shape index (κ3) is 7.13. The summed E-state index contributed by atoms with van der Waals surface area (Å²) in [6, 6.07) is 13.6. The number of nitrogens with zero attached hydrogens (tertiary/aromatic N) is 3. The number of rotatable bonds is 10. The highest BCUT2D eigenvalue weighted by Crippen LogP contribution is 2.31. The zero-order valence-corrected chi connectivity index (χ0v) is 21.2. The smallest absolute Gasteiger partial charge is 0.161 e. The van der Waals surface area contributed by atoms with Crippen LogP contribution in [0.15, 0.2) is 54.9 Å². The van der Waals surface area contributed by atoms with Gasteiger partial charge in [0.25, 0.3) is 0 Å². The van der Waals surface area contributed by atoms with Crippen molar-refractivity contribution in [1.29, 1.82) is 0 Å². The molecule has 8 heteroatoms. The molecule has 0 unspecified atom stereocenters. The van der Waals surface area contributed by atoms with Crippen molar-refractivity contribution < 1.29 is 19.3 Å². The number of benzene rings is 2. The Labute approximate surface area is 212 Å². The van der Waals surface area contributed by atoms with Crippen LogP contribution in [0.25, 0.3) is 0 Å². The number of likely N-dealkylation sites (tertiary alicyclic amines) is 1. The lowest BCUT2D eigenvalue weighted by atomic mass is 9.96. The first-order valence-electron chi connectivity index (χ1n) is 12.0. The third-order valence-electron chi connectivity index (χ3n) is 6.36. The molecule has 0 aliphatic carbocycles. The van der Waals surface area contributed by atoms with E-state index in [1.54, 1.807) is 13.3 Å². The number of hydrogen-bond donors (Lipinski definition) is 1. The van der Waals surface area contributed by atoms with E-state index in [0.29, 0.717) is 36.8 Å². The summed E-state index contributed by atoms with van der Waals surface area (Å²) in [5.74, 6) is 2.07. The molecule has 0 radical (unpaired) electrons. The second-order valence-corrected chi connectivity index (χ2v) is 9.59. The van der Waals surface area contributed by atoms with Gasteiger partial charge in [0.2, 0.25) is 0 Å². The molecule has 0 bridgehead atoms. The summed E-state index contributed by atoms with van der Waals surface area (Å²) < 4.78 is 19.3. The summed E-state index contributed by atoms with van der Waals surface area (Å²) in [5.41, 5.74) is 1.36. The SMILES string of the molecule is COc1cc(CN2CCC[C@](O)(COc3cc(C)ccc3Cl)CC2)ccc1OCCn1cccn1. The Morgan fingerprint density at radius 1 is 1.06 bits per heavy atom. The fourth-order valence-corrected chi connectivity index (χ4v) is 4.51. The van der Waals surface area contributed by atoms with Crippen LogP contribution in [0.3, 0.4) is 0 Å². The molecule has 1 fully saturated rings. The van der Waals surface area contributed by atoms with Gasteiger partial charge in [-0.2, -0.15) is 5.10 Å². The molecule has 1 N–H and O–H groups in total. The molecule has 1 aliphatic heterocycles. The zero-order chi connectivity index (χ0) is 24.7. The molecule has 0 saturated carbocycles. The highest BCUT2D eigenvalue weighted by molar-refractivity contribution is 6.32. The van der Waals surface area contributed by atoms with E-state index in [1.165, 1.54) is 0 Å². The van der Waals surface area contributed by atoms with Gasteiger partial charge in [-0.25, -0.2) is 0 Å². The van der Waals surface area contributed by atoms with Crippen LogP contribution in [0.1, 0.15) is 30.4 Å². The van der Waals surface area contributed by atoms with Crippen molar-refractivity contribution in [3.8, 4) is 17.2 Å². The van der Waals surface area contributed by atoms with E-state index < -0.39 is 5.60 Å². The molecular weight excluding hydrogens is 466 g/mol. The maximum Gasteiger partial charge on any atom is 0.161 e. The number of methoxy groups -OCH3 is 1. The van der Waals surface area contributed by atoms with E-state index in [4.69, 9.17) is 25.8 Å². The van der Waals surface area contributed by atoms with Gasteiger partial charge < -0.3 is 19.3 Å². The molecule has 1 atom stereocenters. The Balaban J connectivity index is 1.30. The molecule has 3 aromatic rings. The van der Waals surface area contributed by atoms with Gasteiger partial charge in [-0.3, -0.25) is 9.58 Å². The Hall–Kier alpha value is -2.74. The van der Waals surface area contributed by atoms with Crippen LogP contribution >= 0.6 is 11.6 Å². The van der Waals surface area contributed by atoms with Gasteiger partial charge >= 0.3 is 0 Å². The number of aliphatic hydroxyl groups is 1. The molecule has 7 nitrogen and oxygen atoms in total. The second kappa shape index (κ2) is 11.8. The highest BCUT2D eigenvalue weighted by Gasteiger charge is 2.31. The van der Waals surface area contributed by atoms with Crippen molar-refractivity contribution in [2.24, 2.45) is 0 Å². The molecular formula is C27H34ClN3O4. The van der Waals surface area contributed by atoms with Crippen LogP contribution in [-0.4, -0.2) is 58.8 Å². The van der Waals surface area contributed by atoms with E-state index in [1.807, 2.05) is 54.2 Å². The van der Waals surface area contributed by atoms with E-state index in [2.05, 4.69) is 16.1 Å². The monoisotopic (exact) mass is 499 g/mol. The summed E-state index contributed by atoms with van der Waals surface area (Å²) in [5, 5.41) is 15.9. The predicted molar refractivity (Wildman–Crippen MR) is 136 cm³/mol. The molecule has 1 aliphatic rings. The van der Waals surface area contributed by atoms with Crippen LogP contribution < -0.4 is 14.2 Å². The van der Waals surface area contributed by atoms with Crippen LogP contribution in [0.2, 0.25) is 5.02 Å². The first-order chi connectivity index (χ1) is 16.9. The summed E-state index contributed by atoms with van der Waals surface area (Å²) in [6.07, 6.45) is 5.90. The van der Waals surface area contributed by atoms with Crippen molar-refractivity contribution in [1.82, 2.24) is 14.7 Å². The minimum Gasteiger partial charge on any atom is -0.493 e. The average molecular weight is 500 g/mol. The van der Waals surface area contributed by atoms with Gasteiger partial charge in [0, 0.05) is 25.5 Å². The van der Waals surface area contributed by atoms with Gasteiger partial charge in [0.05, 0.1) is 24.3 Å². The van der Waals surface area contributed by atoms with E-state index in [0.717, 1.165) is 48.7 Å². The van der Waals surface area contributed by atoms with E-state index in [9.17, 15) is 5.11 Å². The maximum atomic E-state index is 11.2. The number of hydrogen-bond acceptors (Lipinski definition) is 6. The third-order valence-corrected chi connectivity index (χ3v) is 6.68. The molecule has 0 spiro atoms. The van der Waals surface area contributed by atoms with Crippen molar-refractivity contribution >= 4 is 11.6 Å². The second-order valence-electron chi connectivity index (χ2n) is 9.18. The quantitative estimate of drug-likeness (QED) is 0.435. The van der Waals surface area contributed by atoms with Crippen molar-refractivity contribution in [2.75, 3.05) is 33.4 Å². The lowest BCUT2D eigenvalue weighted by molar-refractivity contribution is -0.0168. The normalized spacial score (nSPS) is 18.7. The Kier molecular flexibility index (Phi) is 8.55. The van der Waals surface area contributed by atoms with Crippen LogP contribution in [0, 0.1) is 6.92 Å². The summed E-state index contributed by atoms with van der Waals surface area (Å²) in [6.45, 7) is 5.90. The predicted octanol–water partition coefficient (Wildman–Crippen LogP) is 4.73. The molecule has 4 rings (SSSR count). The van der Waals surface area contributed by atoms with E-state index in [-0.39, 0.29) is 6.61 Å². The topological polar surface area (TPSA) is 69.0 Å². The maximum absolute atomic E-state index is 11.2. The molecule has 1 aromatic heterocycles. The first-order valence-corrected chi connectivity index (χ1v) is 12.4. The van der Waals surface area contributed by atoms with Crippen molar-refractivity contribution in [2.45, 2.75) is 44.9 Å². The van der Waals surface area contributed by atoms with Gasteiger partial charge in [-0.05, 0) is 74.2 Å². The molecule has 35 heavy (non-hydrogen) atoms. The summed E-state index contributed by atoms with van der Waals surface area (Å²) in [4.78, 5) is 2.37. The van der Waals surface area contributed by atoms with Crippen LogP contribution in [-0.2, 0) is 13.1 Å². The largest absolute Gasteiger partial charge is 0.493 e. The minimum absolute atomic E-state index is 0.238. The summed E-state index contributed by atoms with van der Waals surface area (Å²) in [7, 11) is 1.66.